The standard InChI is InChI=1S/C14H19ClN2O/c1-4-12(8-16)18-14-11(9-17-10(2)3)6-5-7-13(14)15/h5-7,10,12,17H,4,9H2,1-3H3. The molecule has 0 fully saturated rings. The van der Waals surface area contributed by atoms with Gasteiger partial charge in [0.25, 0.3) is 0 Å². The molecule has 18 heavy (non-hydrogen) atoms. The smallest absolute Gasteiger partial charge is 0.184 e. The normalized spacial score (nSPS) is 12.2. The van der Waals surface area contributed by atoms with Crippen LogP contribution in [-0.4, -0.2) is 12.1 Å². The van der Waals surface area contributed by atoms with Crippen LogP contribution in [0.1, 0.15) is 32.8 Å². The first-order chi connectivity index (χ1) is 8.58. The van der Waals surface area contributed by atoms with Gasteiger partial charge < -0.3 is 10.1 Å². The summed E-state index contributed by atoms with van der Waals surface area (Å²) in [5, 5.41) is 12.8. The molecule has 0 aliphatic rings. The number of nitrogens with zero attached hydrogens (tertiary/aromatic N) is 1. The van der Waals surface area contributed by atoms with E-state index >= 15 is 0 Å². The zero-order chi connectivity index (χ0) is 13.5. The maximum absolute atomic E-state index is 8.95. The molecule has 0 saturated heterocycles. The Kier molecular flexibility index (Phi) is 5.97. The fraction of sp³-hybridized carbons (Fsp3) is 0.500. The third-order valence-electron chi connectivity index (χ3n) is 2.52. The topological polar surface area (TPSA) is 45.0 Å². The first-order valence-electron chi connectivity index (χ1n) is 6.15. The Hall–Kier alpha value is -1.24. The van der Waals surface area contributed by atoms with Crippen molar-refractivity contribution in [2.45, 2.75) is 45.9 Å². The van der Waals surface area contributed by atoms with E-state index in [1.807, 2.05) is 19.1 Å². The second-order valence-corrected chi connectivity index (χ2v) is 4.81. The summed E-state index contributed by atoms with van der Waals surface area (Å²) in [7, 11) is 0. The minimum absolute atomic E-state index is 0.384. The Morgan fingerprint density at radius 3 is 2.72 bits per heavy atom. The Morgan fingerprint density at radius 2 is 2.17 bits per heavy atom. The molecule has 98 valence electrons. The number of halogens is 1. The van der Waals surface area contributed by atoms with E-state index in [-0.39, 0.29) is 0 Å². The van der Waals surface area contributed by atoms with Gasteiger partial charge in [0.1, 0.15) is 11.8 Å². The van der Waals surface area contributed by atoms with Crippen molar-refractivity contribution < 1.29 is 4.74 Å². The first-order valence-corrected chi connectivity index (χ1v) is 6.53. The van der Waals surface area contributed by atoms with Gasteiger partial charge in [-0.3, -0.25) is 0 Å². The average Bonchev–Trinajstić information content (AvgIpc) is 2.35. The lowest BCUT2D eigenvalue weighted by atomic mass is 10.2. The molecular formula is C14H19ClN2O. The average molecular weight is 267 g/mol. The number of nitriles is 1. The predicted molar refractivity (Wildman–Crippen MR) is 73.7 cm³/mol. The summed E-state index contributed by atoms with van der Waals surface area (Å²) in [6.45, 7) is 6.75. The molecule has 3 nitrogen and oxygen atoms in total. The third-order valence-corrected chi connectivity index (χ3v) is 2.82. The molecule has 1 rings (SSSR count). The molecule has 1 N–H and O–H groups in total. The molecule has 0 spiro atoms. The van der Waals surface area contributed by atoms with Gasteiger partial charge in [-0.2, -0.15) is 5.26 Å². The van der Waals surface area contributed by atoms with Crippen LogP contribution in [0.2, 0.25) is 5.02 Å². The van der Waals surface area contributed by atoms with Gasteiger partial charge in [0.2, 0.25) is 0 Å². The highest BCUT2D eigenvalue weighted by molar-refractivity contribution is 6.32. The number of hydrogen-bond acceptors (Lipinski definition) is 3. The van der Waals surface area contributed by atoms with E-state index in [1.165, 1.54) is 0 Å². The number of benzene rings is 1. The lowest BCUT2D eigenvalue weighted by molar-refractivity contribution is 0.249. The van der Waals surface area contributed by atoms with Gasteiger partial charge in [-0.15, -0.1) is 0 Å². The Morgan fingerprint density at radius 1 is 1.44 bits per heavy atom. The highest BCUT2D eigenvalue weighted by Gasteiger charge is 2.13. The van der Waals surface area contributed by atoms with Crippen molar-refractivity contribution in [1.82, 2.24) is 5.32 Å². The highest BCUT2D eigenvalue weighted by Crippen LogP contribution is 2.30. The monoisotopic (exact) mass is 266 g/mol. The van der Waals surface area contributed by atoms with Crippen molar-refractivity contribution in [2.75, 3.05) is 0 Å². The molecule has 0 saturated carbocycles. The van der Waals surface area contributed by atoms with Crippen LogP contribution in [0, 0.1) is 11.3 Å². The van der Waals surface area contributed by atoms with E-state index < -0.39 is 6.10 Å². The van der Waals surface area contributed by atoms with Crippen LogP contribution in [-0.2, 0) is 6.54 Å². The summed E-state index contributed by atoms with van der Waals surface area (Å²) < 4.78 is 5.67. The summed E-state index contributed by atoms with van der Waals surface area (Å²) in [6.07, 6.45) is 0.182. The maximum Gasteiger partial charge on any atom is 0.184 e. The fourth-order valence-electron chi connectivity index (χ4n) is 1.48. The zero-order valence-corrected chi connectivity index (χ0v) is 11.8. The van der Waals surface area contributed by atoms with Crippen LogP contribution in [0.25, 0.3) is 0 Å². The summed E-state index contributed by atoms with van der Waals surface area (Å²) in [6, 6.07) is 8.13. The van der Waals surface area contributed by atoms with Crippen molar-refractivity contribution in [2.24, 2.45) is 0 Å². The van der Waals surface area contributed by atoms with Crippen LogP contribution >= 0.6 is 11.6 Å². The predicted octanol–water partition coefficient (Wildman–Crippen LogP) is 3.52. The van der Waals surface area contributed by atoms with Gasteiger partial charge in [0.05, 0.1) is 5.02 Å². The van der Waals surface area contributed by atoms with Gasteiger partial charge in [0, 0.05) is 18.2 Å². The van der Waals surface area contributed by atoms with Crippen LogP contribution in [0.4, 0.5) is 0 Å². The summed E-state index contributed by atoms with van der Waals surface area (Å²) in [4.78, 5) is 0. The van der Waals surface area contributed by atoms with Crippen molar-refractivity contribution in [1.29, 1.82) is 5.26 Å². The summed E-state index contributed by atoms with van der Waals surface area (Å²) >= 11 is 6.14. The minimum atomic E-state index is -0.456. The molecule has 1 atom stereocenters. The Bertz CT molecular complexity index is 426. The summed E-state index contributed by atoms with van der Waals surface area (Å²) in [5.74, 6) is 0.612. The van der Waals surface area contributed by atoms with E-state index in [0.717, 1.165) is 5.56 Å². The molecule has 0 amide bonds. The third kappa shape index (κ3) is 4.21. The van der Waals surface area contributed by atoms with Gasteiger partial charge >= 0.3 is 0 Å². The number of para-hydroxylation sites is 1. The molecule has 0 heterocycles. The molecule has 0 aliphatic heterocycles. The van der Waals surface area contributed by atoms with Crippen molar-refractivity contribution in [3.8, 4) is 11.8 Å². The van der Waals surface area contributed by atoms with Crippen molar-refractivity contribution in [3.05, 3.63) is 28.8 Å². The molecule has 0 bridgehead atoms. The second kappa shape index (κ2) is 7.25. The van der Waals surface area contributed by atoms with Crippen LogP contribution in [0.3, 0.4) is 0 Å². The lowest BCUT2D eigenvalue weighted by Crippen LogP contribution is -2.23. The van der Waals surface area contributed by atoms with Crippen LogP contribution < -0.4 is 10.1 Å². The van der Waals surface area contributed by atoms with Gasteiger partial charge in [-0.05, 0) is 12.5 Å². The number of hydrogen-bond donors (Lipinski definition) is 1. The van der Waals surface area contributed by atoms with Gasteiger partial charge in [-0.1, -0.05) is 44.5 Å². The Labute approximate surface area is 114 Å². The number of rotatable bonds is 6. The van der Waals surface area contributed by atoms with E-state index in [1.54, 1.807) is 6.07 Å². The van der Waals surface area contributed by atoms with Gasteiger partial charge in [-0.25, -0.2) is 0 Å². The van der Waals surface area contributed by atoms with E-state index in [0.29, 0.717) is 29.8 Å². The summed E-state index contributed by atoms with van der Waals surface area (Å²) in [5.41, 5.74) is 0.977. The molecule has 0 radical (unpaired) electrons. The molecule has 0 aliphatic carbocycles. The molecule has 4 heteroatoms. The van der Waals surface area contributed by atoms with Gasteiger partial charge in [0.15, 0.2) is 6.10 Å². The maximum atomic E-state index is 8.95. The fourth-order valence-corrected chi connectivity index (χ4v) is 1.72. The molecule has 0 aromatic heterocycles. The quantitative estimate of drug-likeness (QED) is 0.857. The molecule has 1 unspecified atom stereocenters. The second-order valence-electron chi connectivity index (χ2n) is 4.41. The Balaban J connectivity index is 2.90. The van der Waals surface area contributed by atoms with E-state index in [9.17, 15) is 0 Å². The van der Waals surface area contributed by atoms with Crippen LogP contribution in [0.15, 0.2) is 18.2 Å². The minimum Gasteiger partial charge on any atom is -0.474 e. The lowest BCUT2D eigenvalue weighted by Gasteiger charge is -2.17. The SMILES string of the molecule is CCC(C#N)Oc1c(Cl)cccc1CNC(C)C. The van der Waals surface area contributed by atoms with E-state index in [4.69, 9.17) is 21.6 Å². The van der Waals surface area contributed by atoms with E-state index in [2.05, 4.69) is 25.2 Å². The highest BCUT2D eigenvalue weighted by atomic mass is 35.5. The largest absolute Gasteiger partial charge is 0.474 e. The molecule has 1 aromatic carbocycles. The molecule has 1 aromatic rings. The molecular weight excluding hydrogens is 248 g/mol. The zero-order valence-electron chi connectivity index (χ0n) is 11.0. The first kappa shape index (κ1) is 14.8. The number of nitrogens with one attached hydrogen (secondary N) is 1. The van der Waals surface area contributed by atoms with Crippen LogP contribution in [0.5, 0.6) is 5.75 Å². The van der Waals surface area contributed by atoms with Crippen molar-refractivity contribution in [3.63, 3.8) is 0 Å². The number of ether oxygens (including phenoxy) is 1. The van der Waals surface area contributed by atoms with Crippen molar-refractivity contribution >= 4 is 11.6 Å².